The summed E-state index contributed by atoms with van der Waals surface area (Å²) in [6.07, 6.45) is 7.77. The molecule has 2 rings (SSSR count). The zero-order valence-electron chi connectivity index (χ0n) is 16.1. The molecule has 2 atom stereocenters. The van der Waals surface area contributed by atoms with E-state index in [2.05, 4.69) is 37.1 Å². The van der Waals surface area contributed by atoms with Gasteiger partial charge in [0.15, 0.2) is 0 Å². The number of anilines is 2. The summed E-state index contributed by atoms with van der Waals surface area (Å²) in [7, 11) is 0. The first-order valence-electron chi connectivity index (χ1n) is 9.52. The zero-order valence-corrected chi connectivity index (χ0v) is 16.1. The Morgan fingerprint density at radius 2 is 1.88 bits per heavy atom. The monoisotopic (exact) mass is 343 g/mol. The number of rotatable bonds is 6. The summed E-state index contributed by atoms with van der Waals surface area (Å²) < 4.78 is 0. The molecule has 0 saturated carbocycles. The fourth-order valence-electron chi connectivity index (χ4n) is 3.30. The van der Waals surface area contributed by atoms with Gasteiger partial charge in [0.2, 0.25) is 0 Å². The van der Waals surface area contributed by atoms with Crippen molar-refractivity contribution in [1.29, 1.82) is 0 Å². The van der Waals surface area contributed by atoms with Crippen LogP contribution in [0.5, 0.6) is 0 Å². The van der Waals surface area contributed by atoms with Gasteiger partial charge < -0.3 is 16.0 Å². The third-order valence-electron chi connectivity index (χ3n) is 5.32. The molecule has 0 bridgehead atoms. The van der Waals surface area contributed by atoms with E-state index in [9.17, 15) is 4.79 Å². The molecular weight excluding hydrogens is 310 g/mol. The van der Waals surface area contributed by atoms with E-state index in [1.54, 1.807) is 0 Å². The normalized spacial score (nSPS) is 17.7. The molecular formula is C21H33N3O. The van der Waals surface area contributed by atoms with Crippen molar-refractivity contribution in [2.45, 2.75) is 53.0 Å². The van der Waals surface area contributed by atoms with Crippen molar-refractivity contribution >= 4 is 17.3 Å². The first-order valence-corrected chi connectivity index (χ1v) is 9.52. The van der Waals surface area contributed by atoms with E-state index >= 15 is 0 Å². The highest BCUT2D eigenvalue weighted by Gasteiger charge is 2.22. The lowest BCUT2D eigenvalue weighted by atomic mass is 9.89. The van der Waals surface area contributed by atoms with Crippen LogP contribution in [-0.2, 0) is 0 Å². The van der Waals surface area contributed by atoms with Gasteiger partial charge in [0.25, 0.3) is 5.91 Å². The average Bonchev–Trinajstić information content (AvgIpc) is 2.61. The zero-order chi connectivity index (χ0) is 18.4. The summed E-state index contributed by atoms with van der Waals surface area (Å²) in [5.74, 6) is 0.747. The summed E-state index contributed by atoms with van der Waals surface area (Å²) in [5.41, 5.74) is 8.32. The fraction of sp³-hybridized carbons (Fsp3) is 0.571. The molecule has 1 fully saturated rings. The Hall–Kier alpha value is -1.97. The van der Waals surface area contributed by atoms with Crippen LogP contribution in [0.25, 0.3) is 0 Å². The minimum Gasteiger partial charge on any atom is -0.398 e. The number of hydrogen-bond acceptors (Lipinski definition) is 3. The van der Waals surface area contributed by atoms with Gasteiger partial charge in [-0.15, -0.1) is 0 Å². The molecule has 4 heteroatoms. The van der Waals surface area contributed by atoms with Crippen LogP contribution in [0, 0.1) is 11.8 Å². The van der Waals surface area contributed by atoms with E-state index in [4.69, 9.17) is 5.73 Å². The summed E-state index contributed by atoms with van der Waals surface area (Å²) in [6, 6.07) is 5.84. The molecule has 1 saturated heterocycles. The molecule has 1 aromatic carbocycles. The Balaban J connectivity index is 2.19. The van der Waals surface area contributed by atoms with Gasteiger partial charge in [-0.25, -0.2) is 0 Å². The summed E-state index contributed by atoms with van der Waals surface area (Å²) >= 11 is 0. The lowest BCUT2D eigenvalue weighted by Gasteiger charge is -2.29. The number of nitrogens with zero attached hydrogens (tertiary/aromatic N) is 1. The van der Waals surface area contributed by atoms with Gasteiger partial charge in [-0.2, -0.15) is 0 Å². The van der Waals surface area contributed by atoms with Gasteiger partial charge in [0, 0.05) is 24.5 Å². The van der Waals surface area contributed by atoms with E-state index in [-0.39, 0.29) is 11.9 Å². The summed E-state index contributed by atoms with van der Waals surface area (Å²) in [6.45, 7) is 10.6. The Labute approximate surface area is 152 Å². The van der Waals surface area contributed by atoms with E-state index in [1.807, 2.05) is 31.2 Å². The van der Waals surface area contributed by atoms with E-state index in [0.717, 1.165) is 18.8 Å². The quantitative estimate of drug-likeness (QED) is 0.600. The van der Waals surface area contributed by atoms with Crippen molar-refractivity contribution in [1.82, 2.24) is 5.32 Å². The van der Waals surface area contributed by atoms with Crippen LogP contribution in [0.1, 0.15) is 57.3 Å². The van der Waals surface area contributed by atoms with Crippen LogP contribution in [0.2, 0.25) is 0 Å². The molecule has 0 aliphatic carbocycles. The number of carbonyl (C=O) groups excluding carboxylic acids is 1. The standard InChI is InChI=1S/C21H33N3O/c1-5-9-20(16(4)15(2)3)23-21(25)18-14-17(10-11-19(18)22)24-12-7-6-8-13-24/h5,9-11,14-16,20H,6-8,12-13,22H2,1-4H3,(H,23,25)/b9-5-/t16-,20?/m1/s1. The Bertz CT molecular complexity index is 603. The fourth-order valence-corrected chi connectivity index (χ4v) is 3.30. The van der Waals surface area contributed by atoms with Crippen LogP contribution < -0.4 is 16.0 Å². The smallest absolute Gasteiger partial charge is 0.253 e. The predicted octanol–water partition coefficient (Wildman–Crippen LogP) is 4.23. The van der Waals surface area contributed by atoms with Crippen LogP contribution in [0.4, 0.5) is 11.4 Å². The third-order valence-corrected chi connectivity index (χ3v) is 5.32. The van der Waals surface area contributed by atoms with Crippen molar-refractivity contribution < 1.29 is 4.79 Å². The van der Waals surface area contributed by atoms with Crippen LogP contribution in [0.3, 0.4) is 0 Å². The Morgan fingerprint density at radius 1 is 1.20 bits per heavy atom. The van der Waals surface area contributed by atoms with Crippen LogP contribution >= 0.6 is 0 Å². The van der Waals surface area contributed by atoms with Crippen molar-refractivity contribution in [3.05, 3.63) is 35.9 Å². The number of nitrogens with one attached hydrogen (secondary N) is 1. The molecule has 3 N–H and O–H groups in total. The molecule has 1 aromatic rings. The highest BCUT2D eigenvalue weighted by molar-refractivity contribution is 6.00. The molecule has 0 spiro atoms. The summed E-state index contributed by atoms with van der Waals surface area (Å²) in [4.78, 5) is 15.2. The first kappa shape index (κ1) is 19.4. The van der Waals surface area contributed by atoms with Gasteiger partial charge in [-0.1, -0.05) is 32.9 Å². The number of hydrogen-bond donors (Lipinski definition) is 2. The van der Waals surface area contributed by atoms with Gasteiger partial charge in [0.1, 0.15) is 0 Å². The molecule has 1 aliphatic rings. The van der Waals surface area contributed by atoms with E-state index < -0.39 is 0 Å². The van der Waals surface area contributed by atoms with Crippen molar-refractivity contribution in [2.75, 3.05) is 23.7 Å². The number of amides is 1. The Morgan fingerprint density at radius 3 is 2.48 bits per heavy atom. The molecule has 4 nitrogen and oxygen atoms in total. The largest absolute Gasteiger partial charge is 0.398 e. The second-order valence-corrected chi connectivity index (χ2v) is 7.45. The molecule has 1 aliphatic heterocycles. The second-order valence-electron chi connectivity index (χ2n) is 7.45. The van der Waals surface area contributed by atoms with Crippen LogP contribution in [-0.4, -0.2) is 25.0 Å². The molecule has 0 aromatic heterocycles. The molecule has 1 amide bonds. The lowest BCUT2D eigenvalue weighted by Crippen LogP contribution is -2.40. The molecule has 1 unspecified atom stereocenters. The molecule has 25 heavy (non-hydrogen) atoms. The first-order chi connectivity index (χ1) is 11.9. The van der Waals surface area contributed by atoms with Crippen molar-refractivity contribution in [3.63, 3.8) is 0 Å². The topological polar surface area (TPSA) is 58.4 Å². The predicted molar refractivity (Wildman–Crippen MR) is 107 cm³/mol. The maximum absolute atomic E-state index is 12.9. The summed E-state index contributed by atoms with van der Waals surface area (Å²) in [5, 5.41) is 3.16. The maximum Gasteiger partial charge on any atom is 0.253 e. The molecule has 0 radical (unpaired) electrons. The minimum atomic E-state index is -0.0908. The highest BCUT2D eigenvalue weighted by Crippen LogP contribution is 2.25. The average molecular weight is 344 g/mol. The maximum atomic E-state index is 12.9. The number of benzene rings is 1. The van der Waals surface area contributed by atoms with Gasteiger partial charge in [0.05, 0.1) is 11.6 Å². The van der Waals surface area contributed by atoms with Crippen molar-refractivity contribution in [3.8, 4) is 0 Å². The van der Waals surface area contributed by atoms with Gasteiger partial charge in [-0.3, -0.25) is 4.79 Å². The molecule has 138 valence electrons. The second kappa shape index (κ2) is 8.93. The van der Waals surface area contributed by atoms with Crippen molar-refractivity contribution in [2.24, 2.45) is 11.8 Å². The number of piperidine rings is 1. The van der Waals surface area contributed by atoms with Gasteiger partial charge >= 0.3 is 0 Å². The number of nitrogens with two attached hydrogens (primary N) is 1. The number of nitrogen functional groups attached to an aromatic ring is 1. The Kier molecular flexibility index (Phi) is 6.91. The van der Waals surface area contributed by atoms with E-state index in [0.29, 0.717) is 23.1 Å². The third kappa shape index (κ3) is 5.00. The van der Waals surface area contributed by atoms with E-state index in [1.165, 1.54) is 19.3 Å². The molecule has 1 heterocycles. The minimum absolute atomic E-state index is 0.00976. The highest BCUT2D eigenvalue weighted by atomic mass is 16.1. The van der Waals surface area contributed by atoms with Crippen LogP contribution in [0.15, 0.2) is 30.4 Å². The SMILES string of the molecule is C/C=C\C(NC(=O)c1cc(N2CCCCC2)ccc1N)[C@H](C)C(C)C. The van der Waals surface area contributed by atoms with Gasteiger partial charge in [-0.05, 0) is 56.2 Å². The number of allylic oxidation sites excluding steroid dienone is 1. The lowest BCUT2D eigenvalue weighted by molar-refractivity contribution is 0.0930. The number of carbonyl (C=O) groups is 1.